The van der Waals surface area contributed by atoms with Crippen molar-refractivity contribution in [3.8, 4) is 0 Å². The van der Waals surface area contributed by atoms with Crippen LogP contribution in [0.2, 0.25) is 0 Å². The monoisotopic (exact) mass is 302 g/mol. The molecule has 5 heteroatoms. The van der Waals surface area contributed by atoms with Gasteiger partial charge in [0, 0.05) is 6.61 Å². The second-order valence-corrected chi connectivity index (χ2v) is 5.56. The Morgan fingerprint density at radius 2 is 1.90 bits per heavy atom. The average molecular weight is 302 g/mol. The van der Waals surface area contributed by atoms with E-state index in [1.807, 2.05) is 0 Å². The second-order valence-electron chi connectivity index (χ2n) is 5.56. The minimum Gasteiger partial charge on any atom is -0.394 e. The molecule has 0 radical (unpaired) electrons. The van der Waals surface area contributed by atoms with Gasteiger partial charge in [0.05, 0.1) is 13.2 Å². The average Bonchev–Trinajstić information content (AvgIpc) is 2.82. The smallest absolute Gasteiger partial charge is 0.114 e. The van der Waals surface area contributed by atoms with Gasteiger partial charge in [-0.1, -0.05) is 31.9 Å². The SMILES string of the molecule is CCCCC/C=C/CCCO[C@H](CO)[C@@H]1OC[C@H](O)[C@@H]1O. The first kappa shape index (κ1) is 18.6. The molecule has 5 nitrogen and oxygen atoms in total. The summed E-state index contributed by atoms with van der Waals surface area (Å²) in [6.45, 7) is 2.57. The summed E-state index contributed by atoms with van der Waals surface area (Å²) in [6.07, 6.45) is 7.99. The molecule has 0 aromatic rings. The highest BCUT2D eigenvalue weighted by molar-refractivity contribution is 4.88. The molecular weight excluding hydrogens is 272 g/mol. The van der Waals surface area contributed by atoms with Gasteiger partial charge in [-0.25, -0.2) is 0 Å². The number of unbranched alkanes of at least 4 members (excludes halogenated alkanes) is 4. The maximum Gasteiger partial charge on any atom is 0.114 e. The highest BCUT2D eigenvalue weighted by Crippen LogP contribution is 2.19. The summed E-state index contributed by atoms with van der Waals surface area (Å²) in [6, 6.07) is 0. The molecule has 1 heterocycles. The Morgan fingerprint density at radius 1 is 1.19 bits per heavy atom. The number of hydrogen-bond acceptors (Lipinski definition) is 5. The van der Waals surface area contributed by atoms with Crippen molar-refractivity contribution in [2.75, 3.05) is 19.8 Å². The van der Waals surface area contributed by atoms with Crippen molar-refractivity contribution in [3.63, 3.8) is 0 Å². The molecule has 0 amide bonds. The van der Waals surface area contributed by atoms with Crippen molar-refractivity contribution in [3.05, 3.63) is 12.2 Å². The zero-order valence-electron chi connectivity index (χ0n) is 13.0. The van der Waals surface area contributed by atoms with Crippen LogP contribution < -0.4 is 0 Å². The van der Waals surface area contributed by atoms with E-state index in [2.05, 4.69) is 19.1 Å². The van der Waals surface area contributed by atoms with Gasteiger partial charge in [-0.15, -0.1) is 0 Å². The number of rotatable bonds is 11. The number of aliphatic hydroxyl groups is 3. The fourth-order valence-electron chi connectivity index (χ4n) is 2.39. The van der Waals surface area contributed by atoms with Gasteiger partial charge in [-0.2, -0.15) is 0 Å². The Morgan fingerprint density at radius 3 is 2.48 bits per heavy atom. The van der Waals surface area contributed by atoms with Crippen LogP contribution >= 0.6 is 0 Å². The zero-order chi connectivity index (χ0) is 15.5. The van der Waals surface area contributed by atoms with Gasteiger partial charge < -0.3 is 24.8 Å². The molecule has 0 aliphatic carbocycles. The third-order valence-electron chi connectivity index (χ3n) is 3.72. The van der Waals surface area contributed by atoms with E-state index in [0.29, 0.717) is 6.61 Å². The Labute approximate surface area is 127 Å². The Kier molecular flexibility index (Phi) is 9.87. The number of hydrogen-bond donors (Lipinski definition) is 3. The Bertz CT molecular complexity index is 282. The number of ether oxygens (including phenoxy) is 2. The van der Waals surface area contributed by atoms with Crippen molar-refractivity contribution in [1.29, 1.82) is 0 Å². The largest absolute Gasteiger partial charge is 0.394 e. The maximum atomic E-state index is 9.73. The van der Waals surface area contributed by atoms with E-state index in [1.165, 1.54) is 19.3 Å². The summed E-state index contributed by atoms with van der Waals surface area (Å²) in [5, 5.41) is 28.4. The summed E-state index contributed by atoms with van der Waals surface area (Å²) in [5.74, 6) is 0. The van der Waals surface area contributed by atoms with Crippen LogP contribution in [0.5, 0.6) is 0 Å². The van der Waals surface area contributed by atoms with Crippen LogP contribution in [0, 0.1) is 0 Å². The van der Waals surface area contributed by atoms with Crippen molar-refractivity contribution >= 4 is 0 Å². The molecule has 124 valence electrons. The first-order valence-electron chi connectivity index (χ1n) is 8.05. The summed E-state index contributed by atoms with van der Waals surface area (Å²) in [7, 11) is 0. The normalized spacial score (nSPS) is 27.5. The van der Waals surface area contributed by atoms with E-state index in [1.54, 1.807) is 0 Å². The fourth-order valence-corrected chi connectivity index (χ4v) is 2.39. The minimum absolute atomic E-state index is 0.0895. The summed E-state index contributed by atoms with van der Waals surface area (Å²) in [4.78, 5) is 0. The molecule has 3 N–H and O–H groups in total. The van der Waals surface area contributed by atoms with Crippen molar-refractivity contribution in [1.82, 2.24) is 0 Å². The van der Waals surface area contributed by atoms with E-state index in [4.69, 9.17) is 9.47 Å². The topological polar surface area (TPSA) is 79.2 Å². The van der Waals surface area contributed by atoms with Crippen molar-refractivity contribution < 1.29 is 24.8 Å². The van der Waals surface area contributed by atoms with E-state index in [9.17, 15) is 15.3 Å². The van der Waals surface area contributed by atoms with E-state index < -0.39 is 24.4 Å². The Balaban J connectivity index is 2.10. The number of aliphatic hydroxyl groups excluding tert-OH is 3. The van der Waals surface area contributed by atoms with Gasteiger partial charge in [0.1, 0.15) is 24.4 Å². The predicted octanol–water partition coefficient (Wildman–Crippen LogP) is 1.40. The van der Waals surface area contributed by atoms with Gasteiger partial charge in [0.15, 0.2) is 0 Å². The quantitative estimate of drug-likeness (QED) is 0.397. The molecule has 0 aromatic carbocycles. The molecule has 4 atom stereocenters. The molecule has 1 aliphatic heterocycles. The number of allylic oxidation sites excluding steroid dienone is 2. The molecule has 21 heavy (non-hydrogen) atoms. The van der Waals surface area contributed by atoms with Crippen LogP contribution in [-0.4, -0.2) is 59.6 Å². The predicted molar refractivity (Wildman–Crippen MR) is 81.1 cm³/mol. The third-order valence-corrected chi connectivity index (χ3v) is 3.72. The van der Waals surface area contributed by atoms with Crippen LogP contribution in [0.1, 0.15) is 45.4 Å². The van der Waals surface area contributed by atoms with Crippen LogP contribution in [0.25, 0.3) is 0 Å². The van der Waals surface area contributed by atoms with Gasteiger partial charge in [0.2, 0.25) is 0 Å². The zero-order valence-corrected chi connectivity index (χ0v) is 13.0. The summed E-state index contributed by atoms with van der Waals surface area (Å²) in [5.41, 5.74) is 0. The molecule has 0 spiro atoms. The van der Waals surface area contributed by atoms with E-state index in [-0.39, 0.29) is 13.2 Å². The lowest BCUT2D eigenvalue weighted by atomic mass is 10.1. The van der Waals surface area contributed by atoms with E-state index in [0.717, 1.165) is 19.3 Å². The highest BCUT2D eigenvalue weighted by Gasteiger charge is 2.40. The van der Waals surface area contributed by atoms with Crippen LogP contribution in [0.4, 0.5) is 0 Å². The Hall–Kier alpha value is -0.460. The lowest BCUT2D eigenvalue weighted by Crippen LogP contribution is -2.42. The van der Waals surface area contributed by atoms with Gasteiger partial charge in [-0.05, 0) is 25.7 Å². The van der Waals surface area contributed by atoms with Gasteiger partial charge in [0.25, 0.3) is 0 Å². The first-order chi connectivity index (χ1) is 10.2. The van der Waals surface area contributed by atoms with Crippen molar-refractivity contribution in [2.45, 2.75) is 69.9 Å². The summed E-state index contributed by atoms with van der Waals surface area (Å²) < 4.78 is 10.8. The molecule has 0 bridgehead atoms. The molecule has 1 aliphatic rings. The molecule has 1 fully saturated rings. The lowest BCUT2D eigenvalue weighted by Gasteiger charge is -2.24. The van der Waals surface area contributed by atoms with Gasteiger partial charge in [-0.3, -0.25) is 0 Å². The van der Waals surface area contributed by atoms with E-state index >= 15 is 0 Å². The third kappa shape index (κ3) is 6.89. The maximum absolute atomic E-state index is 9.73. The summed E-state index contributed by atoms with van der Waals surface area (Å²) >= 11 is 0. The molecule has 0 saturated carbocycles. The molecule has 0 unspecified atom stereocenters. The fraction of sp³-hybridized carbons (Fsp3) is 0.875. The van der Waals surface area contributed by atoms with Gasteiger partial charge >= 0.3 is 0 Å². The van der Waals surface area contributed by atoms with Crippen molar-refractivity contribution in [2.24, 2.45) is 0 Å². The molecule has 1 saturated heterocycles. The molecule has 1 rings (SSSR count). The van der Waals surface area contributed by atoms with Crippen LogP contribution in [-0.2, 0) is 9.47 Å². The lowest BCUT2D eigenvalue weighted by molar-refractivity contribution is -0.101. The second kappa shape index (κ2) is 11.2. The minimum atomic E-state index is -0.986. The standard InChI is InChI=1S/C16H30O5/c1-2-3-4-5-6-7-8-9-10-20-14(11-17)16-15(19)13(18)12-21-16/h6-7,13-19H,2-5,8-12H2,1H3/b7-6+/t13-,14+,15-,16-/m0/s1. The van der Waals surface area contributed by atoms with Crippen LogP contribution in [0.15, 0.2) is 12.2 Å². The highest BCUT2D eigenvalue weighted by atomic mass is 16.6. The molecule has 0 aromatic heterocycles. The molecular formula is C16H30O5. The van der Waals surface area contributed by atoms with Crippen LogP contribution in [0.3, 0.4) is 0 Å². The first-order valence-corrected chi connectivity index (χ1v) is 8.05.